The SMILES string of the molecule is CC(=O)OOC(=O)N=O. The number of nitrogens with zero attached hydrogens (tertiary/aromatic N) is 1. The van der Waals surface area contributed by atoms with Crippen molar-refractivity contribution < 1.29 is 19.4 Å². The average Bonchev–Trinajstić information content (AvgIpc) is 1.83. The molecule has 0 aromatic carbocycles. The van der Waals surface area contributed by atoms with Gasteiger partial charge < -0.3 is 0 Å². The third-order valence-electron chi connectivity index (χ3n) is 0.305. The van der Waals surface area contributed by atoms with Crippen LogP contribution in [0.4, 0.5) is 4.79 Å². The number of amides is 1. The topological polar surface area (TPSA) is 82.0 Å². The van der Waals surface area contributed by atoms with E-state index < -0.39 is 12.1 Å². The zero-order valence-corrected chi connectivity index (χ0v) is 4.49. The minimum atomic E-state index is -1.48. The Morgan fingerprint density at radius 3 is 2.22 bits per heavy atom. The zero-order valence-electron chi connectivity index (χ0n) is 4.49. The molecule has 0 aliphatic heterocycles. The minimum absolute atomic E-state index is 0.827. The quantitative estimate of drug-likeness (QED) is 0.271. The lowest BCUT2D eigenvalue weighted by atomic mass is 10.8. The molecule has 50 valence electrons. The fourth-order valence-corrected chi connectivity index (χ4v) is 0.110. The van der Waals surface area contributed by atoms with Crippen LogP contribution in [-0.2, 0) is 14.6 Å². The van der Waals surface area contributed by atoms with Gasteiger partial charge in [-0.05, 0) is 0 Å². The minimum Gasteiger partial charge on any atom is -0.248 e. The lowest BCUT2D eigenvalue weighted by Gasteiger charge is -1.91. The molecule has 6 nitrogen and oxygen atoms in total. The van der Waals surface area contributed by atoms with Crippen molar-refractivity contribution in [3.63, 3.8) is 0 Å². The summed E-state index contributed by atoms with van der Waals surface area (Å²) in [6.45, 7) is 1.01. The highest BCUT2D eigenvalue weighted by Gasteiger charge is 2.03. The van der Waals surface area contributed by atoms with Crippen molar-refractivity contribution in [3.05, 3.63) is 4.91 Å². The first kappa shape index (κ1) is 7.54. The Morgan fingerprint density at radius 1 is 1.33 bits per heavy atom. The Morgan fingerprint density at radius 2 is 1.89 bits per heavy atom. The van der Waals surface area contributed by atoms with Crippen LogP contribution in [0.1, 0.15) is 6.92 Å². The number of nitroso groups, excluding NO2 is 1. The molecule has 0 aromatic rings. The van der Waals surface area contributed by atoms with Crippen LogP contribution >= 0.6 is 0 Å². The van der Waals surface area contributed by atoms with Crippen molar-refractivity contribution in [1.82, 2.24) is 0 Å². The second-order valence-corrected chi connectivity index (χ2v) is 1.02. The summed E-state index contributed by atoms with van der Waals surface area (Å²) in [5.74, 6) is -0.827. The lowest BCUT2D eigenvalue weighted by molar-refractivity contribution is -0.228. The van der Waals surface area contributed by atoms with Gasteiger partial charge in [-0.2, -0.15) is 0 Å². The molecule has 0 rings (SSSR count). The predicted molar refractivity (Wildman–Crippen MR) is 24.0 cm³/mol. The monoisotopic (exact) mass is 133 g/mol. The number of carbonyl (C=O) groups is 2. The molecule has 0 bridgehead atoms. The van der Waals surface area contributed by atoms with E-state index in [2.05, 4.69) is 9.78 Å². The van der Waals surface area contributed by atoms with E-state index in [1.54, 1.807) is 5.18 Å². The molecule has 0 atom stereocenters. The first-order chi connectivity index (χ1) is 4.16. The van der Waals surface area contributed by atoms with Gasteiger partial charge in [0, 0.05) is 6.92 Å². The smallest absolute Gasteiger partial charge is 0.248 e. The molecule has 0 spiro atoms. The van der Waals surface area contributed by atoms with Crippen molar-refractivity contribution in [2.24, 2.45) is 5.18 Å². The molecule has 0 saturated heterocycles. The number of carbonyl (C=O) groups excluding carboxylic acids is 2. The largest absolute Gasteiger partial charge is 0.511 e. The summed E-state index contributed by atoms with van der Waals surface area (Å²) in [5.41, 5.74) is 0. The second-order valence-electron chi connectivity index (χ2n) is 1.02. The Labute approximate surface area is 49.6 Å². The number of hydrogen-bond acceptors (Lipinski definition) is 5. The van der Waals surface area contributed by atoms with Crippen LogP contribution in [0.15, 0.2) is 5.18 Å². The first-order valence-electron chi connectivity index (χ1n) is 1.89. The zero-order chi connectivity index (χ0) is 7.28. The van der Waals surface area contributed by atoms with E-state index >= 15 is 0 Å². The van der Waals surface area contributed by atoms with Crippen molar-refractivity contribution in [3.8, 4) is 0 Å². The highest BCUT2D eigenvalue weighted by Crippen LogP contribution is 1.83. The number of hydrogen-bond donors (Lipinski definition) is 0. The maximum absolute atomic E-state index is 9.82. The van der Waals surface area contributed by atoms with E-state index in [4.69, 9.17) is 0 Å². The molecule has 0 saturated carbocycles. The molecule has 0 fully saturated rings. The maximum Gasteiger partial charge on any atom is 0.511 e. The van der Waals surface area contributed by atoms with Crippen LogP contribution in [0.25, 0.3) is 0 Å². The van der Waals surface area contributed by atoms with Gasteiger partial charge in [-0.3, -0.25) is 0 Å². The summed E-state index contributed by atoms with van der Waals surface area (Å²) in [4.78, 5) is 35.9. The van der Waals surface area contributed by atoms with Crippen LogP contribution in [-0.4, -0.2) is 12.1 Å². The van der Waals surface area contributed by atoms with Crippen LogP contribution in [0.3, 0.4) is 0 Å². The van der Waals surface area contributed by atoms with Crippen molar-refractivity contribution in [2.75, 3.05) is 0 Å². The van der Waals surface area contributed by atoms with E-state index in [1.807, 2.05) is 0 Å². The molecule has 0 N–H and O–H groups in total. The second kappa shape index (κ2) is 3.53. The van der Waals surface area contributed by atoms with Crippen molar-refractivity contribution in [1.29, 1.82) is 0 Å². The van der Waals surface area contributed by atoms with Crippen molar-refractivity contribution in [2.45, 2.75) is 6.92 Å². The molecule has 6 heteroatoms. The Hall–Kier alpha value is -1.46. The van der Waals surface area contributed by atoms with E-state index in [9.17, 15) is 14.5 Å². The van der Waals surface area contributed by atoms with Gasteiger partial charge in [0.1, 0.15) is 0 Å². The van der Waals surface area contributed by atoms with Crippen LogP contribution in [0.5, 0.6) is 0 Å². The van der Waals surface area contributed by atoms with Gasteiger partial charge in [0.25, 0.3) is 0 Å². The Balaban J connectivity index is 3.39. The summed E-state index contributed by atoms with van der Waals surface area (Å²) in [6, 6.07) is 0. The summed E-state index contributed by atoms with van der Waals surface area (Å²) in [5, 5.41) is 1.77. The molecule has 0 aliphatic rings. The summed E-state index contributed by atoms with van der Waals surface area (Å²) in [7, 11) is 0. The van der Waals surface area contributed by atoms with Gasteiger partial charge in [0.2, 0.25) is 0 Å². The maximum atomic E-state index is 9.82. The molecule has 0 aromatic heterocycles. The molecule has 0 unspecified atom stereocenters. The van der Waals surface area contributed by atoms with Gasteiger partial charge >= 0.3 is 12.1 Å². The van der Waals surface area contributed by atoms with Gasteiger partial charge in [0.15, 0.2) is 0 Å². The molecule has 1 amide bonds. The van der Waals surface area contributed by atoms with Crippen molar-refractivity contribution >= 4 is 12.1 Å². The highest BCUT2D eigenvalue weighted by atomic mass is 17.2. The predicted octanol–water partition coefficient (Wildman–Crippen LogP) is 0.368. The highest BCUT2D eigenvalue weighted by molar-refractivity contribution is 5.70. The Kier molecular flexibility index (Phi) is 2.96. The number of rotatable bonds is 0. The van der Waals surface area contributed by atoms with E-state index in [0.29, 0.717) is 0 Å². The third-order valence-corrected chi connectivity index (χ3v) is 0.305. The molecule has 9 heavy (non-hydrogen) atoms. The van der Waals surface area contributed by atoms with Gasteiger partial charge in [0.05, 0.1) is 5.18 Å². The lowest BCUT2D eigenvalue weighted by Crippen LogP contribution is -2.03. The van der Waals surface area contributed by atoms with Gasteiger partial charge in [-0.1, -0.05) is 0 Å². The molecular formula is C3H3NO5. The van der Waals surface area contributed by atoms with Crippen LogP contribution in [0, 0.1) is 4.91 Å². The normalized spacial score (nSPS) is 7.67. The Bertz CT molecular complexity index is 141. The fourth-order valence-electron chi connectivity index (χ4n) is 0.110. The average molecular weight is 133 g/mol. The standard InChI is InChI=1S/C3H3NO5/c1-2(5)8-9-3(6)4-7/h1H3. The van der Waals surface area contributed by atoms with Gasteiger partial charge in [-0.15, -0.1) is 4.91 Å². The van der Waals surface area contributed by atoms with E-state index in [1.165, 1.54) is 0 Å². The fraction of sp³-hybridized carbons (Fsp3) is 0.333. The summed E-state index contributed by atoms with van der Waals surface area (Å²) < 4.78 is 0. The third kappa shape index (κ3) is 4.39. The molecule has 0 radical (unpaired) electrons. The van der Waals surface area contributed by atoms with E-state index in [0.717, 1.165) is 6.92 Å². The van der Waals surface area contributed by atoms with Crippen LogP contribution in [0.2, 0.25) is 0 Å². The van der Waals surface area contributed by atoms with Crippen LogP contribution < -0.4 is 0 Å². The molecular weight excluding hydrogens is 130 g/mol. The molecule has 0 heterocycles. The first-order valence-corrected chi connectivity index (χ1v) is 1.89. The van der Waals surface area contributed by atoms with Gasteiger partial charge in [-0.25, -0.2) is 19.4 Å². The molecule has 0 aliphatic carbocycles. The summed E-state index contributed by atoms with van der Waals surface area (Å²) in [6.07, 6.45) is -1.48. The van der Waals surface area contributed by atoms with E-state index in [-0.39, 0.29) is 0 Å². The summed E-state index contributed by atoms with van der Waals surface area (Å²) >= 11 is 0.